The Morgan fingerprint density at radius 3 is 1.73 bits per heavy atom. The molecule has 0 saturated heterocycles. The van der Waals surface area contributed by atoms with Crippen LogP contribution in [0.4, 0.5) is 17.3 Å². The molecule has 0 atom stereocenters. The Morgan fingerprint density at radius 1 is 0.867 bits per heavy atom. The first-order valence-electron chi connectivity index (χ1n) is 3.47. The van der Waals surface area contributed by atoms with Gasteiger partial charge in [0.2, 0.25) is 0 Å². The molecule has 0 amide bonds. The van der Waals surface area contributed by atoms with Crippen LogP contribution < -0.4 is 0 Å². The van der Waals surface area contributed by atoms with Gasteiger partial charge in [-0.1, -0.05) is 5.11 Å². The van der Waals surface area contributed by atoms with Gasteiger partial charge < -0.3 is 0 Å². The Hall–Kier alpha value is -2.92. The van der Waals surface area contributed by atoms with E-state index >= 15 is 0 Å². The summed E-state index contributed by atoms with van der Waals surface area (Å²) in [6.07, 6.45) is 0. The molecule has 0 aromatic carbocycles. The summed E-state index contributed by atoms with van der Waals surface area (Å²) < 4.78 is 0. The summed E-state index contributed by atoms with van der Waals surface area (Å²) in [5.41, 5.74) is 24.7. The van der Waals surface area contributed by atoms with Crippen LogP contribution in [0.5, 0.6) is 0 Å². The standard InChI is InChI=1S/C5H2N10/c6-13-10-3-1-4(11-14-7)9-5(2-3)12-15-8/h1-2H. The van der Waals surface area contributed by atoms with E-state index in [9.17, 15) is 0 Å². The van der Waals surface area contributed by atoms with Crippen molar-refractivity contribution in [3.05, 3.63) is 43.5 Å². The summed E-state index contributed by atoms with van der Waals surface area (Å²) in [5.74, 6) is -0.0744. The van der Waals surface area contributed by atoms with Gasteiger partial charge in [0, 0.05) is 20.4 Å². The molecule has 0 aliphatic heterocycles. The predicted molar refractivity (Wildman–Crippen MR) is 50.7 cm³/mol. The molecule has 0 radical (unpaired) electrons. The smallest absolute Gasteiger partial charge is 0.127 e. The quantitative estimate of drug-likeness (QED) is 0.405. The summed E-state index contributed by atoms with van der Waals surface area (Å²) in [4.78, 5) is 11.2. The highest BCUT2D eigenvalue weighted by Gasteiger charge is 1.98. The number of nitrogens with zero attached hydrogens (tertiary/aromatic N) is 10. The van der Waals surface area contributed by atoms with Crippen LogP contribution in [0.25, 0.3) is 31.3 Å². The fraction of sp³-hybridized carbons (Fsp3) is 0. The van der Waals surface area contributed by atoms with E-state index < -0.39 is 0 Å². The summed E-state index contributed by atoms with van der Waals surface area (Å²) >= 11 is 0. The summed E-state index contributed by atoms with van der Waals surface area (Å²) in [6, 6.07) is 2.52. The van der Waals surface area contributed by atoms with Crippen molar-refractivity contribution in [3.63, 3.8) is 0 Å². The molecule has 0 N–H and O–H groups in total. The van der Waals surface area contributed by atoms with Gasteiger partial charge in [-0.25, -0.2) is 4.98 Å². The first-order valence-corrected chi connectivity index (χ1v) is 3.47. The van der Waals surface area contributed by atoms with Gasteiger partial charge >= 0.3 is 0 Å². The third-order valence-electron chi connectivity index (χ3n) is 1.24. The minimum atomic E-state index is -0.0372. The molecule has 0 aliphatic rings. The first kappa shape index (κ1) is 10.2. The van der Waals surface area contributed by atoms with E-state index in [4.69, 9.17) is 16.6 Å². The highest BCUT2D eigenvalue weighted by molar-refractivity contribution is 5.52. The van der Waals surface area contributed by atoms with E-state index in [1.807, 2.05) is 0 Å². The van der Waals surface area contributed by atoms with Crippen LogP contribution in [0.2, 0.25) is 0 Å². The van der Waals surface area contributed by atoms with Gasteiger partial charge in [0.1, 0.15) is 11.6 Å². The number of pyridine rings is 1. The van der Waals surface area contributed by atoms with Crippen LogP contribution in [0.1, 0.15) is 0 Å². The third kappa shape index (κ3) is 2.79. The third-order valence-corrected chi connectivity index (χ3v) is 1.24. The molecule has 0 bridgehead atoms. The van der Waals surface area contributed by atoms with E-state index in [1.54, 1.807) is 0 Å². The summed E-state index contributed by atoms with van der Waals surface area (Å²) in [5, 5.41) is 9.66. The lowest BCUT2D eigenvalue weighted by molar-refractivity contribution is 1.21. The lowest BCUT2D eigenvalue weighted by atomic mass is 10.4. The highest BCUT2D eigenvalue weighted by Crippen LogP contribution is 2.24. The van der Waals surface area contributed by atoms with E-state index in [-0.39, 0.29) is 17.3 Å². The average molecular weight is 202 g/mol. The Bertz CT molecular complexity index is 424. The zero-order valence-electron chi connectivity index (χ0n) is 7.13. The number of aromatic nitrogens is 1. The fourth-order valence-corrected chi connectivity index (χ4v) is 0.792. The van der Waals surface area contributed by atoms with Gasteiger partial charge in [-0.05, 0) is 39.0 Å². The SMILES string of the molecule is [N-]=[N+]=Nc1cc(N=[N+]=[N-])nc(N=[N+]=[N-])c1. The van der Waals surface area contributed by atoms with Crippen LogP contribution in [0, 0.1) is 0 Å². The maximum atomic E-state index is 8.19. The molecule has 1 rings (SSSR count). The second kappa shape index (κ2) is 4.95. The summed E-state index contributed by atoms with van der Waals surface area (Å²) in [7, 11) is 0. The van der Waals surface area contributed by atoms with Crippen molar-refractivity contribution in [1.82, 2.24) is 4.98 Å². The largest absolute Gasteiger partial charge is 0.244 e. The minimum Gasteiger partial charge on any atom is -0.244 e. The number of hydrogen-bond acceptors (Lipinski definition) is 4. The van der Waals surface area contributed by atoms with Crippen molar-refractivity contribution in [3.8, 4) is 0 Å². The van der Waals surface area contributed by atoms with Gasteiger partial charge in [0.15, 0.2) is 0 Å². The lowest BCUT2D eigenvalue weighted by Crippen LogP contribution is -1.73. The monoisotopic (exact) mass is 202 g/mol. The van der Waals surface area contributed by atoms with Crippen molar-refractivity contribution in [2.45, 2.75) is 0 Å². The van der Waals surface area contributed by atoms with Gasteiger partial charge in [0.25, 0.3) is 0 Å². The molecule has 0 aliphatic carbocycles. The van der Waals surface area contributed by atoms with Crippen molar-refractivity contribution in [1.29, 1.82) is 0 Å². The predicted octanol–water partition coefficient (Wildman–Crippen LogP) is 3.91. The lowest BCUT2D eigenvalue weighted by Gasteiger charge is -1.96. The average Bonchev–Trinajstić information content (AvgIpc) is 2.19. The van der Waals surface area contributed by atoms with Crippen LogP contribution in [0.3, 0.4) is 0 Å². The van der Waals surface area contributed by atoms with Gasteiger partial charge in [-0.2, -0.15) is 0 Å². The first-order chi connectivity index (χ1) is 7.30. The zero-order chi connectivity index (χ0) is 11.1. The molecule has 0 saturated carbocycles. The van der Waals surface area contributed by atoms with E-state index in [0.717, 1.165) is 0 Å². The number of hydrogen-bond donors (Lipinski definition) is 0. The molecular formula is C5H2N10. The molecule has 10 nitrogen and oxygen atoms in total. The van der Waals surface area contributed by atoms with Crippen LogP contribution >= 0.6 is 0 Å². The number of rotatable bonds is 3. The van der Waals surface area contributed by atoms with Gasteiger partial charge in [-0.3, -0.25) is 0 Å². The Kier molecular flexibility index (Phi) is 3.35. The van der Waals surface area contributed by atoms with Gasteiger partial charge in [0.05, 0.1) is 0 Å². The van der Waals surface area contributed by atoms with Crippen molar-refractivity contribution >= 4 is 17.3 Å². The van der Waals surface area contributed by atoms with Crippen molar-refractivity contribution in [2.24, 2.45) is 15.3 Å². The van der Waals surface area contributed by atoms with E-state index in [2.05, 4.69) is 35.1 Å². The molecule has 10 heteroatoms. The Labute approximate surface area is 82.1 Å². The molecular weight excluding hydrogens is 200 g/mol. The molecule has 72 valence electrons. The molecule has 1 heterocycles. The Morgan fingerprint density at radius 2 is 1.33 bits per heavy atom. The second-order valence-corrected chi connectivity index (χ2v) is 2.11. The molecule has 0 fully saturated rings. The molecule has 1 aromatic rings. The minimum absolute atomic E-state index is 0.0372. The van der Waals surface area contributed by atoms with Crippen molar-refractivity contribution in [2.75, 3.05) is 0 Å². The maximum absolute atomic E-state index is 8.19. The molecule has 0 unspecified atom stereocenters. The van der Waals surface area contributed by atoms with Crippen LogP contribution in [0.15, 0.2) is 27.5 Å². The summed E-state index contributed by atoms with van der Waals surface area (Å²) in [6.45, 7) is 0. The Balaban J connectivity index is 3.36. The molecule has 15 heavy (non-hydrogen) atoms. The zero-order valence-corrected chi connectivity index (χ0v) is 7.13. The van der Waals surface area contributed by atoms with Crippen LogP contribution in [-0.2, 0) is 0 Å². The normalized spacial score (nSPS) is 8.00. The molecule has 0 spiro atoms. The van der Waals surface area contributed by atoms with Gasteiger partial charge in [-0.15, -0.1) is 0 Å². The highest BCUT2D eigenvalue weighted by atomic mass is 15.2. The van der Waals surface area contributed by atoms with Crippen molar-refractivity contribution < 1.29 is 0 Å². The van der Waals surface area contributed by atoms with Crippen LogP contribution in [-0.4, -0.2) is 4.98 Å². The fourth-order valence-electron chi connectivity index (χ4n) is 0.792. The van der Waals surface area contributed by atoms with E-state index in [1.165, 1.54) is 12.1 Å². The van der Waals surface area contributed by atoms with E-state index in [0.29, 0.717) is 0 Å². The number of azide groups is 3. The topological polar surface area (TPSA) is 159 Å². The second-order valence-electron chi connectivity index (χ2n) is 2.11. The molecule has 1 aromatic heterocycles. The maximum Gasteiger partial charge on any atom is 0.127 e.